The molecule has 0 aliphatic carbocycles. The molecule has 10 heteroatoms. The number of pyridine rings is 1. The Balaban J connectivity index is 1.83. The first-order chi connectivity index (χ1) is 13.4. The minimum absolute atomic E-state index is 0.0338. The molecule has 3 aromatic rings. The predicted molar refractivity (Wildman–Crippen MR) is 95.7 cm³/mol. The van der Waals surface area contributed by atoms with Crippen molar-refractivity contribution >= 4 is 17.7 Å². The number of aromatic hydroxyl groups is 1. The van der Waals surface area contributed by atoms with Crippen LogP contribution in [0.5, 0.6) is 5.88 Å². The number of aromatic nitrogens is 2. The lowest BCUT2D eigenvalue weighted by molar-refractivity contribution is 0.100. The van der Waals surface area contributed by atoms with Crippen LogP contribution in [0.25, 0.3) is 0 Å². The Morgan fingerprint density at radius 3 is 2.71 bits per heavy atom. The molecule has 0 aliphatic rings. The SMILES string of the molecule is Cc1cc(CN/C(=N/C(=O)c2ccc(F)c(F)c2)Nc2cccc(O)n2)no1. The number of anilines is 1. The molecule has 0 fully saturated rings. The maximum Gasteiger partial charge on any atom is 0.280 e. The molecule has 0 saturated heterocycles. The third-order valence-corrected chi connectivity index (χ3v) is 3.47. The van der Waals surface area contributed by atoms with Crippen molar-refractivity contribution in [3.63, 3.8) is 0 Å². The molecule has 0 radical (unpaired) electrons. The Kier molecular flexibility index (Phi) is 5.58. The number of aryl methyl sites for hydroxylation is 1. The van der Waals surface area contributed by atoms with Gasteiger partial charge in [-0.3, -0.25) is 4.79 Å². The number of nitrogens with one attached hydrogen (secondary N) is 2. The summed E-state index contributed by atoms with van der Waals surface area (Å²) in [4.78, 5) is 20.0. The van der Waals surface area contributed by atoms with Crippen LogP contribution < -0.4 is 10.6 Å². The van der Waals surface area contributed by atoms with Crippen molar-refractivity contribution < 1.29 is 23.2 Å². The number of halogens is 2. The molecule has 3 rings (SSSR count). The number of guanidine groups is 1. The summed E-state index contributed by atoms with van der Waals surface area (Å²) in [5.41, 5.74) is 0.414. The first-order valence-electron chi connectivity index (χ1n) is 8.08. The molecule has 0 atom stereocenters. The average Bonchev–Trinajstić information content (AvgIpc) is 3.07. The molecule has 2 aromatic heterocycles. The lowest BCUT2D eigenvalue weighted by atomic mass is 10.2. The van der Waals surface area contributed by atoms with Gasteiger partial charge in [-0.05, 0) is 31.2 Å². The monoisotopic (exact) mass is 387 g/mol. The quantitative estimate of drug-likeness (QED) is 0.466. The summed E-state index contributed by atoms with van der Waals surface area (Å²) >= 11 is 0. The first-order valence-corrected chi connectivity index (χ1v) is 8.08. The fraction of sp³-hybridized carbons (Fsp3) is 0.111. The first kappa shape index (κ1) is 19.0. The molecule has 144 valence electrons. The van der Waals surface area contributed by atoms with Gasteiger partial charge in [0.25, 0.3) is 5.91 Å². The topological polar surface area (TPSA) is 113 Å². The van der Waals surface area contributed by atoms with E-state index in [1.165, 1.54) is 6.07 Å². The standard InChI is InChI=1S/C18H15F2N5O3/c1-10-7-12(25-28-10)9-21-18(23-15-3-2-4-16(26)22-15)24-17(27)11-5-6-13(19)14(20)8-11/h2-8H,9H2,1H3,(H3,21,22,23,24,26,27). The zero-order chi connectivity index (χ0) is 20.1. The highest BCUT2D eigenvalue weighted by Crippen LogP contribution is 2.12. The summed E-state index contributed by atoms with van der Waals surface area (Å²) in [6, 6.07) is 8.86. The van der Waals surface area contributed by atoms with Gasteiger partial charge in [-0.1, -0.05) is 11.2 Å². The highest BCUT2D eigenvalue weighted by atomic mass is 19.2. The van der Waals surface area contributed by atoms with Crippen LogP contribution in [0.15, 0.2) is 52.0 Å². The zero-order valence-corrected chi connectivity index (χ0v) is 14.6. The van der Waals surface area contributed by atoms with Crippen LogP contribution in [0, 0.1) is 18.6 Å². The van der Waals surface area contributed by atoms with E-state index in [0.29, 0.717) is 11.5 Å². The van der Waals surface area contributed by atoms with Gasteiger partial charge in [0.1, 0.15) is 17.3 Å². The van der Waals surface area contributed by atoms with E-state index in [-0.39, 0.29) is 29.8 Å². The van der Waals surface area contributed by atoms with Gasteiger partial charge in [-0.15, -0.1) is 0 Å². The van der Waals surface area contributed by atoms with Gasteiger partial charge in [0.15, 0.2) is 11.6 Å². The van der Waals surface area contributed by atoms with E-state index in [4.69, 9.17) is 4.52 Å². The lowest BCUT2D eigenvalue weighted by Crippen LogP contribution is -2.31. The molecule has 0 bridgehead atoms. The summed E-state index contributed by atoms with van der Waals surface area (Å²) in [7, 11) is 0. The van der Waals surface area contributed by atoms with Gasteiger partial charge in [0, 0.05) is 17.7 Å². The molecule has 0 saturated carbocycles. The molecule has 1 amide bonds. The third-order valence-electron chi connectivity index (χ3n) is 3.47. The summed E-state index contributed by atoms with van der Waals surface area (Å²) in [5, 5.41) is 18.9. The van der Waals surface area contributed by atoms with Crippen LogP contribution in [-0.4, -0.2) is 27.1 Å². The second-order valence-corrected chi connectivity index (χ2v) is 5.68. The summed E-state index contributed by atoms with van der Waals surface area (Å²) in [6.07, 6.45) is 0. The van der Waals surface area contributed by atoms with Crippen molar-refractivity contribution in [2.24, 2.45) is 4.99 Å². The van der Waals surface area contributed by atoms with Crippen molar-refractivity contribution in [2.75, 3.05) is 5.32 Å². The van der Waals surface area contributed by atoms with E-state index in [2.05, 4.69) is 25.8 Å². The highest BCUT2D eigenvalue weighted by molar-refractivity contribution is 6.06. The maximum atomic E-state index is 13.4. The second-order valence-electron chi connectivity index (χ2n) is 5.68. The average molecular weight is 387 g/mol. The molecule has 2 heterocycles. The molecular formula is C18H15F2N5O3. The largest absolute Gasteiger partial charge is 0.493 e. The van der Waals surface area contributed by atoms with Crippen LogP contribution in [-0.2, 0) is 6.54 Å². The smallest absolute Gasteiger partial charge is 0.280 e. The van der Waals surface area contributed by atoms with Gasteiger partial charge in [-0.2, -0.15) is 9.98 Å². The van der Waals surface area contributed by atoms with Gasteiger partial charge in [-0.25, -0.2) is 8.78 Å². The molecule has 3 N–H and O–H groups in total. The molecular weight excluding hydrogens is 372 g/mol. The van der Waals surface area contributed by atoms with Crippen LogP contribution >= 0.6 is 0 Å². The zero-order valence-electron chi connectivity index (χ0n) is 14.6. The third kappa shape index (κ3) is 4.87. The molecule has 1 aromatic carbocycles. The van der Waals surface area contributed by atoms with Crippen LogP contribution in [0.3, 0.4) is 0 Å². The van der Waals surface area contributed by atoms with Crippen molar-refractivity contribution in [3.05, 3.63) is 71.1 Å². The number of carbonyl (C=O) groups excluding carboxylic acids is 1. The Labute approximate surface area is 157 Å². The fourth-order valence-electron chi connectivity index (χ4n) is 2.20. The van der Waals surface area contributed by atoms with E-state index in [1.807, 2.05) is 0 Å². The molecule has 0 unspecified atom stereocenters. The normalized spacial score (nSPS) is 11.3. The van der Waals surface area contributed by atoms with Crippen molar-refractivity contribution in [2.45, 2.75) is 13.5 Å². The summed E-state index contributed by atoms with van der Waals surface area (Å²) < 4.78 is 31.4. The van der Waals surface area contributed by atoms with E-state index < -0.39 is 17.5 Å². The van der Waals surface area contributed by atoms with Crippen LogP contribution in [0.4, 0.5) is 14.6 Å². The van der Waals surface area contributed by atoms with E-state index in [1.54, 1.807) is 25.1 Å². The Morgan fingerprint density at radius 1 is 1.21 bits per heavy atom. The lowest BCUT2D eigenvalue weighted by Gasteiger charge is -2.11. The molecule has 0 spiro atoms. The predicted octanol–water partition coefficient (Wildman–Crippen LogP) is 2.76. The fourth-order valence-corrected chi connectivity index (χ4v) is 2.20. The summed E-state index contributed by atoms with van der Waals surface area (Å²) in [6.45, 7) is 1.89. The number of rotatable bonds is 4. The Hall–Kier alpha value is -3.82. The van der Waals surface area contributed by atoms with Gasteiger partial charge in [0.05, 0.1) is 6.54 Å². The van der Waals surface area contributed by atoms with Crippen LogP contribution in [0.2, 0.25) is 0 Å². The highest BCUT2D eigenvalue weighted by Gasteiger charge is 2.12. The number of hydrogen-bond donors (Lipinski definition) is 3. The number of hydrogen-bond acceptors (Lipinski definition) is 5. The number of amides is 1. The van der Waals surface area contributed by atoms with Gasteiger partial charge >= 0.3 is 0 Å². The van der Waals surface area contributed by atoms with Crippen molar-refractivity contribution in [1.29, 1.82) is 0 Å². The van der Waals surface area contributed by atoms with Crippen molar-refractivity contribution in [3.8, 4) is 5.88 Å². The van der Waals surface area contributed by atoms with E-state index >= 15 is 0 Å². The Bertz CT molecular complexity index is 1040. The minimum atomic E-state index is -1.16. The number of benzene rings is 1. The maximum absolute atomic E-state index is 13.4. The van der Waals surface area contributed by atoms with Gasteiger partial charge < -0.3 is 20.3 Å². The molecule has 0 aliphatic heterocycles. The van der Waals surface area contributed by atoms with Crippen LogP contribution in [0.1, 0.15) is 21.8 Å². The van der Waals surface area contributed by atoms with Crippen molar-refractivity contribution in [1.82, 2.24) is 15.5 Å². The molecule has 8 nitrogen and oxygen atoms in total. The number of carbonyl (C=O) groups is 1. The Morgan fingerprint density at radius 2 is 2.04 bits per heavy atom. The minimum Gasteiger partial charge on any atom is -0.493 e. The second kappa shape index (κ2) is 8.25. The van der Waals surface area contributed by atoms with Gasteiger partial charge in [0.2, 0.25) is 11.8 Å². The number of aliphatic imine (C=N–C) groups is 1. The van der Waals surface area contributed by atoms with E-state index in [0.717, 1.165) is 18.2 Å². The number of nitrogens with zero attached hydrogens (tertiary/aromatic N) is 3. The summed E-state index contributed by atoms with van der Waals surface area (Å²) in [5.74, 6) is -2.49. The molecule has 28 heavy (non-hydrogen) atoms. The van der Waals surface area contributed by atoms with E-state index in [9.17, 15) is 18.7 Å².